The highest BCUT2D eigenvalue weighted by molar-refractivity contribution is 6.09. The highest BCUT2D eigenvalue weighted by Crippen LogP contribution is 2.45. The molecule has 362 valence electrons. The number of hydrogen-bond acceptors (Lipinski definition) is 8. The van der Waals surface area contributed by atoms with Crippen molar-refractivity contribution in [3.8, 4) is 22.6 Å². The van der Waals surface area contributed by atoms with Gasteiger partial charge in [0.15, 0.2) is 0 Å². The van der Waals surface area contributed by atoms with E-state index in [2.05, 4.69) is 86.6 Å². The third-order valence-electron chi connectivity index (χ3n) is 11.5. The first kappa shape index (κ1) is 60.9. The minimum absolute atomic E-state index is 0. The number of benzene rings is 4. The number of rotatable bonds is 31. The van der Waals surface area contributed by atoms with Crippen molar-refractivity contribution in [2.45, 2.75) is 129 Å². The van der Waals surface area contributed by atoms with E-state index in [1.54, 1.807) is 0 Å². The van der Waals surface area contributed by atoms with Crippen molar-refractivity contribution >= 4 is 83.0 Å². The highest BCUT2D eigenvalue weighted by atomic mass is 35.5. The van der Waals surface area contributed by atoms with Gasteiger partial charge >= 0.3 is 0 Å². The third kappa shape index (κ3) is 19.4. The van der Waals surface area contributed by atoms with E-state index < -0.39 is 12.1 Å². The second kappa shape index (κ2) is 35.2. The molecule has 64 heavy (non-hydrogen) atoms. The Morgan fingerprint density at radius 1 is 0.484 bits per heavy atom. The highest BCUT2D eigenvalue weighted by Gasteiger charge is 2.23. The van der Waals surface area contributed by atoms with E-state index in [-0.39, 0.29) is 61.4 Å². The van der Waals surface area contributed by atoms with Gasteiger partial charge in [0.05, 0.1) is 25.3 Å². The van der Waals surface area contributed by atoms with Crippen molar-refractivity contribution in [2.24, 2.45) is 22.9 Å². The van der Waals surface area contributed by atoms with E-state index in [1.165, 1.54) is 0 Å². The van der Waals surface area contributed by atoms with Gasteiger partial charge in [0, 0.05) is 37.3 Å². The minimum Gasteiger partial charge on any atom is -0.493 e. The van der Waals surface area contributed by atoms with Crippen LogP contribution in [-0.2, 0) is 9.59 Å². The predicted molar refractivity (Wildman–Crippen MR) is 279 cm³/mol. The molecule has 2 amide bonds. The van der Waals surface area contributed by atoms with Gasteiger partial charge in [-0.2, -0.15) is 0 Å². The van der Waals surface area contributed by atoms with Gasteiger partial charge in [0.1, 0.15) is 11.5 Å². The number of hydrogen-bond donors (Lipinski definition) is 4. The Kier molecular flexibility index (Phi) is 33.5. The molecule has 0 unspecified atom stereocenters. The van der Waals surface area contributed by atoms with Crippen molar-refractivity contribution in [1.82, 2.24) is 9.80 Å². The fraction of sp³-hybridized carbons (Fsp3) is 0.560. The summed E-state index contributed by atoms with van der Waals surface area (Å²) in [5.41, 5.74) is 26.2. The molecular weight excluding hydrogens is 890 g/mol. The zero-order valence-electron chi connectivity index (χ0n) is 38.5. The van der Waals surface area contributed by atoms with Crippen LogP contribution in [0.3, 0.4) is 0 Å². The molecule has 2 atom stereocenters. The van der Waals surface area contributed by atoms with Crippen molar-refractivity contribution in [2.75, 3.05) is 52.5 Å². The van der Waals surface area contributed by atoms with E-state index in [0.717, 1.165) is 121 Å². The molecule has 0 aliphatic carbocycles. The normalized spacial score (nSPS) is 11.7. The summed E-state index contributed by atoms with van der Waals surface area (Å²) in [5, 5.41) is 4.34. The molecule has 14 heteroatoms. The lowest BCUT2D eigenvalue weighted by atomic mass is 9.92. The molecule has 0 spiro atoms. The summed E-state index contributed by atoms with van der Waals surface area (Å²) in [6.45, 7) is 9.04. The number of fused-ring (bicyclic) bond motifs is 2. The Hall–Kier alpha value is -3.06. The van der Waals surface area contributed by atoms with Crippen LogP contribution in [0.5, 0.6) is 11.5 Å². The van der Waals surface area contributed by atoms with Gasteiger partial charge in [-0.1, -0.05) is 126 Å². The Morgan fingerprint density at radius 3 is 1.23 bits per heavy atom. The molecule has 4 aromatic rings. The Morgan fingerprint density at radius 2 is 0.859 bits per heavy atom. The maximum atomic E-state index is 13.5. The molecule has 0 radical (unpaired) electrons. The van der Waals surface area contributed by atoms with Crippen molar-refractivity contribution in [3.63, 3.8) is 0 Å². The molecule has 0 aromatic heterocycles. The first-order valence-corrected chi connectivity index (χ1v) is 23.1. The summed E-state index contributed by atoms with van der Waals surface area (Å²) in [4.78, 5) is 30.9. The van der Waals surface area contributed by atoms with Gasteiger partial charge in [-0.3, -0.25) is 9.59 Å². The van der Waals surface area contributed by atoms with Crippen LogP contribution in [0.15, 0.2) is 72.8 Å². The quantitative estimate of drug-likeness (QED) is 0.0362. The average Bonchev–Trinajstić information content (AvgIpc) is 3.27. The topological polar surface area (TPSA) is 163 Å². The van der Waals surface area contributed by atoms with Crippen LogP contribution in [0, 0.1) is 0 Å². The SMILES string of the molecule is CCCCCCN(CCCOc1ccc2ccccc2c1-c1c(OCCCN(CCCCCC)C(=O)[C@@H](N)CCCCN)ccc2ccccc12)C(=O)[C@@H](N)CCCCN.Cl.Cl.Cl.Cl. The lowest BCUT2D eigenvalue weighted by Crippen LogP contribution is -2.45. The molecule has 4 rings (SSSR count). The number of nitrogens with zero attached hydrogens (tertiary/aromatic N) is 2. The fourth-order valence-electron chi connectivity index (χ4n) is 7.99. The Bertz CT molecular complexity index is 1740. The van der Waals surface area contributed by atoms with Crippen molar-refractivity contribution in [3.05, 3.63) is 72.8 Å². The fourth-order valence-corrected chi connectivity index (χ4v) is 7.99. The van der Waals surface area contributed by atoms with E-state index in [4.69, 9.17) is 32.4 Å². The standard InChI is InChI=1S/C50H76N6O4.4ClH/c1-3-5-7-17-33-55(49(57)43(53)25-13-15-31-51)35-19-37-59-45-29-27-39-21-9-11-23-41(39)47(45)48-42-24-12-10-22-40(42)28-30-46(48)60-38-20-36-56(34-18-8-6-4-2)50(58)44(54)26-14-16-32-52;;;;/h9-12,21-24,27-30,43-44H,3-8,13-20,25-26,31-38,51-54H2,1-2H3;4*1H/t43-,44-;;;;/m0..../s1. The van der Waals surface area contributed by atoms with Crippen LogP contribution in [0.25, 0.3) is 32.7 Å². The Balaban J connectivity index is 0.00000992. The third-order valence-corrected chi connectivity index (χ3v) is 11.5. The van der Waals surface area contributed by atoms with Gasteiger partial charge < -0.3 is 42.2 Å². The van der Waals surface area contributed by atoms with Gasteiger partial charge in [-0.15, -0.1) is 49.6 Å². The molecule has 4 aromatic carbocycles. The van der Waals surface area contributed by atoms with Gasteiger partial charge in [-0.25, -0.2) is 0 Å². The molecule has 0 fully saturated rings. The summed E-state index contributed by atoms with van der Waals surface area (Å²) in [7, 11) is 0. The summed E-state index contributed by atoms with van der Waals surface area (Å²) >= 11 is 0. The molecule has 0 saturated carbocycles. The van der Waals surface area contributed by atoms with E-state index in [1.807, 2.05) is 9.80 Å². The van der Waals surface area contributed by atoms with E-state index >= 15 is 0 Å². The number of carbonyl (C=O) groups excluding carboxylic acids is 2. The molecule has 8 N–H and O–H groups in total. The minimum atomic E-state index is -0.515. The van der Waals surface area contributed by atoms with E-state index in [9.17, 15) is 9.59 Å². The zero-order chi connectivity index (χ0) is 43.0. The number of carbonyl (C=O) groups is 2. The van der Waals surface area contributed by atoms with Crippen molar-refractivity contribution < 1.29 is 19.1 Å². The summed E-state index contributed by atoms with van der Waals surface area (Å²) in [5.74, 6) is 1.56. The van der Waals surface area contributed by atoms with Crippen LogP contribution in [-0.4, -0.2) is 86.2 Å². The first-order valence-electron chi connectivity index (χ1n) is 23.1. The number of unbranched alkanes of at least 4 members (excludes halogenated alkanes) is 8. The molecule has 0 heterocycles. The summed E-state index contributed by atoms with van der Waals surface area (Å²) in [6.07, 6.45) is 14.8. The largest absolute Gasteiger partial charge is 0.493 e. The van der Waals surface area contributed by atoms with E-state index in [0.29, 0.717) is 78.2 Å². The second-order valence-corrected chi connectivity index (χ2v) is 16.3. The lowest BCUT2D eigenvalue weighted by Gasteiger charge is -2.26. The van der Waals surface area contributed by atoms with Crippen molar-refractivity contribution in [1.29, 1.82) is 0 Å². The smallest absolute Gasteiger partial charge is 0.239 e. The number of ether oxygens (including phenoxy) is 2. The maximum absolute atomic E-state index is 13.5. The lowest BCUT2D eigenvalue weighted by molar-refractivity contribution is -0.133. The van der Waals surface area contributed by atoms with Gasteiger partial charge in [0.2, 0.25) is 11.8 Å². The molecule has 0 saturated heterocycles. The number of halogens is 4. The van der Waals surface area contributed by atoms with Gasteiger partial charge in [-0.05, 0) is 98.1 Å². The first-order chi connectivity index (χ1) is 29.3. The van der Waals surface area contributed by atoms with Gasteiger partial charge in [0.25, 0.3) is 0 Å². The van der Waals surface area contributed by atoms with Crippen LogP contribution >= 0.6 is 49.6 Å². The van der Waals surface area contributed by atoms with Crippen LogP contribution < -0.4 is 32.4 Å². The van der Waals surface area contributed by atoms with Crippen LogP contribution in [0.2, 0.25) is 0 Å². The van der Waals surface area contributed by atoms with Crippen LogP contribution in [0.1, 0.15) is 117 Å². The van der Waals surface area contributed by atoms with Crippen LogP contribution in [0.4, 0.5) is 0 Å². The number of nitrogens with two attached hydrogens (primary N) is 4. The molecule has 10 nitrogen and oxygen atoms in total. The molecular formula is C50H80Cl4N6O4. The summed E-state index contributed by atoms with van der Waals surface area (Å²) in [6, 6.07) is 24.1. The zero-order valence-corrected chi connectivity index (χ0v) is 41.8. The summed E-state index contributed by atoms with van der Waals surface area (Å²) < 4.78 is 13.4. The average molecular weight is 971 g/mol. The maximum Gasteiger partial charge on any atom is 0.239 e. The monoisotopic (exact) mass is 968 g/mol. The molecule has 0 bridgehead atoms. The number of amides is 2. The Labute approximate surface area is 409 Å². The second-order valence-electron chi connectivity index (χ2n) is 16.3. The predicted octanol–water partition coefficient (Wildman–Crippen LogP) is 10.6. The molecule has 0 aliphatic rings. The molecule has 0 aliphatic heterocycles.